The number of ether oxygens (including phenoxy) is 1. The standard InChI is InChI=1S/C11H15N3O3/c1-8-6-9(11(15)16)7-10(12-8)13-14-2-4-17-5-3-14/h6-7H,2-5H2,1H3,(H,12,13)(H,15,16). The molecular formula is C11H15N3O3. The highest BCUT2D eigenvalue weighted by Crippen LogP contribution is 2.11. The molecule has 6 nitrogen and oxygen atoms in total. The normalized spacial score (nSPS) is 16.8. The van der Waals surface area contributed by atoms with E-state index in [1.807, 2.05) is 5.01 Å². The minimum absolute atomic E-state index is 0.244. The van der Waals surface area contributed by atoms with Crippen molar-refractivity contribution in [1.29, 1.82) is 0 Å². The van der Waals surface area contributed by atoms with Crippen LogP contribution in [0.25, 0.3) is 0 Å². The van der Waals surface area contributed by atoms with Gasteiger partial charge in [0.25, 0.3) is 0 Å². The number of pyridine rings is 1. The van der Waals surface area contributed by atoms with E-state index >= 15 is 0 Å². The second-order valence-corrected chi connectivity index (χ2v) is 3.90. The Labute approximate surface area is 99.2 Å². The number of carboxylic acids is 1. The number of aromatic nitrogens is 1. The monoisotopic (exact) mass is 237 g/mol. The van der Waals surface area contributed by atoms with Crippen molar-refractivity contribution in [3.63, 3.8) is 0 Å². The first-order valence-electron chi connectivity index (χ1n) is 5.46. The molecule has 17 heavy (non-hydrogen) atoms. The lowest BCUT2D eigenvalue weighted by Crippen LogP contribution is -2.40. The Morgan fingerprint density at radius 2 is 2.18 bits per heavy atom. The molecule has 0 unspecified atom stereocenters. The molecule has 2 rings (SSSR count). The lowest BCUT2D eigenvalue weighted by molar-refractivity contribution is 0.0494. The van der Waals surface area contributed by atoms with Crippen LogP contribution in [0.3, 0.4) is 0 Å². The fourth-order valence-corrected chi connectivity index (χ4v) is 1.69. The van der Waals surface area contributed by atoms with Crippen LogP contribution in [0.15, 0.2) is 12.1 Å². The number of anilines is 1. The van der Waals surface area contributed by atoms with Crippen LogP contribution in [-0.2, 0) is 4.74 Å². The molecule has 0 aliphatic carbocycles. The largest absolute Gasteiger partial charge is 0.478 e. The lowest BCUT2D eigenvalue weighted by atomic mass is 10.2. The van der Waals surface area contributed by atoms with Gasteiger partial charge < -0.3 is 15.3 Å². The van der Waals surface area contributed by atoms with E-state index in [0.717, 1.165) is 13.1 Å². The molecule has 0 saturated carbocycles. The molecule has 1 aromatic heterocycles. The van der Waals surface area contributed by atoms with E-state index in [1.54, 1.807) is 13.0 Å². The SMILES string of the molecule is Cc1cc(C(=O)O)cc(NN2CCOCC2)n1. The fourth-order valence-electron chi connectivity index (χ4n) is 1.69. The second-order valence-electron chi connectivity index (χ2n) is 3.90. The third kappa shape index (κ3) is 3.15. The Hall–Kier alpha value is -1.66. The van der Waals surface area contributed by atoms with Gasteiger partial charge in [0.05, 0.1) is 18.8 Å². The van der Waals surface area contributed by atoms with Gasteiger partial charge in [-0.3, -0.25) is 0 Å². The second kappa shape index (κ2) is 5.11. The third-order valence-electron chi connectivity index (χ3n) is 2.48. The maximum atomic E-state index is 10.9. The Morgan fingerprint density at radius 3 is 2.82 bits per heavy atom. The smallest absolute Gasteiger partial charge is 0.335 e. The number of hydrogen-bond acceptors (Lipinski definition) is 5. The number of aromatic carboxylic acids is 1. The van der Waals surface area contributed by atoms with E-state index in [-0.39, 0.29) is 5.56 Å². The molecule has 6 heteroatoms. The molecule has 1 aliphatic heterocycles. The predicted molar refractivity (Wildman–Crippen MR) is 61.9 cm³/mol. The number of carbonyl (C=O) groups is 1. The summed E-state index contributed by atoms with van der Waals surface area (Å²) < 4.78 is 5.23. The zero-order chi connectivity index (χ0) is 12.3. The molecule has 1 aromatic rings. The van der Waals surface area contributed by atoms with Crippen LogP contribution in [0.4, 0.5) is 5.82 Å². The molecular weight excluding hydrogens is 222 g/mol. The summed E-state index contributed by atoms with van der Waals surface area (Å²) in [5.74, 6) is -0.384. The summed E-state index contributed by atoms with van der Waals surface area (Å²) in [6.45, 7) is 4.64. The van der Waals surface area contributed by atoms with Gasteiger partial charge in [0, 0.05) is 18.8 Å². The Balaban J connectivity index is 2.11. The first-order chi connectivity index (χ1) is 8.15. The van der Waals surface area contributed by atoms with Crippen LogP contribution >= 0.6 is 0 Å². The van der Waals surface area contributed by atoms with Crippen molar-refractivity contribution in [2.24, 2.45) is 0 Å². The highest BCUT2D eigenvalue weighted by atomic mass is 16.5. The van der Waals surface area contributed by atoms with E-state index < -0.39 is 5.97 Å². The molecule has 92 valence electrons. The Morgan fingerprint density at radius 1 is 1.47 bits per heavy atom. The van der Waals surface area contributed by atoms with Crippen molar-refractivity contribution in [1.82, 2.24) is 9.99 Å². The Kier molecular flexibility index (Phi) is 3.55. The van der Waals surface area contributed by atoms with Crippen molar-refractivity contribution in [3.8, 4) is 0 Å². The van der Waals surface area contributed by atoms with Crippen molar-refractivity contribution in [2.45, 2.75) is 6.92 Å². The molecule has 0 bridgehead atoms. The number of nitrogens with zero attached hydrogens (tertiary/aromatic N) is 2. The van der Waals surface area contributed by atoms with Crippen LogP contribution in [0.5, 0.6) is 0 Å². The summed E-state index contributed by atoms with van der Waals surface area (Å²) >= 11 is 0. The molecule has 0 radical (unpaired) electrons. The molecule has 0 aromatic carbocycles. The summed E-state index contributed by atoms with van der Waals surface area (Å²) in [7, 11) is 0. The van der Waals surface area contributed by atoms with E-state index in [1.165, 1.54) is 6.07 Å². The van der Waals surface area contributed by atoms with Crippen molar-refractivity contribution in [3.05, 3.63) is 23.4 Å². The van der Waals surface area contributed by atoms with Gasteiger partial charge >= 0.3 is 5.97 Å². The number of rotatable bonds is 3. The Bertz CT molecular complexity index is 416. The van der Waals surface area contributed by atoms with Crippen LogP contribution in [-0.4, -0.2) is 47.4 Å². The van der Waals surface area contributed by atoms with Gasteiger partial charge in [-0.25, -0.2) is 14.8 Å². The van der Waals surface area contributed by atoms with Crippen molar-refractivity contribution in [2.75, 3.05) is 31.7 Å². The minimum Gasteiger partial charge on any atom is -0.478 e. The van der Waals surface area contributed by atoms with Crippen LogP contribution in [0.2, 0.25) is 0 Å². The van der Waals surface area contributed by atoms with Gasteiger partial charge in [0.1, 0.15) is 5.82 Å². The minimum atomic E-state index is -0.944. The summed E-state index contributed by atoms with van der Waals surface area (Å²) in [4.78, 5) is 15.2. The van der Waals surface area contributed by atoms with Crippen molar-refractivity contribution < 1.29 is 14.6 Å². The van der Waals surface area contributed by atoms with E-state index in [0.29, 0.717) is 24.7 Å². The maximum absolute atomic E-state index is 10.9. The van der Waals surface area contributed by atoms with Crippen LogP contribution in [0, 0.1) is 6.92 Å². The molecule has 1 fully saturated rings. The number of nitrogens with one attached hydrogen (secondary N) is 1. The summed E-state index contributed by atoms with van der Waals surface area (Å²) in [6.07, 6.45) is 0. The van der Waals surface area contributed by atoms with Gasteiger partial charge in [-0.1, -0.05) is 0 Å². The molecule has 1 saturated heterocycles. The lowest BCUT2D eigenvalue weighted by Gasteiger charge is -2.27. The zero-order valence-corrected chi connectivity index (χ0v) is 9.64. The highest BCUT2D eigenvalue weighted by molar-refractivity contribution is 5.88. The average molecular weight is 237 g/mol. The van der Waals surface area contributed by atoms with Gasteiger partial charge in [-0.05, 0) is 19.1 Å². The average Bonchev–Trinajstić information content (AvgIpc) is 2.29. The van der Waals surface area contributed by atoms with Gasteiger partial charge in [0.2, 0.25) is 0 Å². The van der Waals surface area contributed by atoms with E-state index in [9.17, 15) is 4.79 Å². The van der Waals surface area contributed by atoms with Crippen LogP contribution < -0.4 is 5.43 Å². The summed E-state index contributed by atoms with van der Waals surface area (Å²) in [5.41, 5.74) is 4.02. The molecule has 2 heterocycles. The van der Waals surface area contributed by atoms with Gasteiger partial charge in [0.15, 0.2) is 0 Å². The van der Waals surface area contributed by atoms with Gasteiger partial charge in [-0.2, -0.15) is 0 Å². The summed E-state index contributed by atoms with van der Waals surface area (Å²) in [6, 6.07) is 3.08. The predicted octanol–water partition coefficient (Wildman–Crippen LogP) is 0.747. The first-order valence-corrected chi connectivity index (χ1v) is 5.46. The molecule has 2 N–H and O–H groups in total. The number of hydrogen-bond donors (Lipinski definition) is 2. The number of aryl methyl sites for hydroxylation is 1. The quantitative estimate of drug-likeness (QED) is 0.808. The first kappa shape index (κ1) is 11.8. The van der Waals surface area contributed by atoms with Crippen LogP contribution in [0.1, 0.15) is 16.1 Å². The zero-order valence-electron chi connectivity index (χ0n) is 9.64. The maximum Gasteiger partial charge on any atom is 0.335 e. The molecule has 0 atom stereocenters. The number of carboxylic acid groups (broad SMARTS) is 1. The highest BCUT2D eigenvalue weighted by Gasteiger charge is 2.12. The molecule has 0 amide bonds. The number of morpholine rings is 1. The van der Waals surface area contributed by atoms with Gasteiger partial charge in [-0.15, -0.1) is 0 Å². The fraction of sp³-hybridized carbons (Fsp3) is 0.455. The molecule has 1 aliphatic rings. The van der Waals surface area contributed by atoms with E-state index in [4.69, 9.17) is 9.84 Å². The van der Waals surface area contributed by atoms with Crippen molar-refractivity contribution >= 4 is 11.8 Å². The van der Waals surface area contributed by atoms with E-state index in [2.05, 4.69) is 10.4 Å². The third-order valence-corrected chi connectivity index (χ3v) is 2.48. The molecule has 0 spiro atoms. The topological polar surface area (TPSA) is 74.7 Å². The summed E-state index contributed by atoms with van der Waals surface area (Å²) in [5, 5.41) is 10.9. The number of hydrazine groups is 1.